The molecule has 0 aliphatic heterocycles. The molecule has 6 aromatic heterocycles. The molecule has 0 bridgehead atoms. The van der Waals surface area contributed by atoms with Gasteiger partial charge in [0.15, 0.2) is 0 Å². The molecule has 23 nitrogen and oxygen atoms in total. The predicted octanol–water partition coefficient (Wildman–Crippen LogP) is 9.11. The Morgan fingerprint density at radius 3 is 1.33 bits per heavy atom. The van der Waals surface area contributed by atoms with Crippen LogP contribution in [0.1, 0.15) is 54.9 Å². The molecule has 0 aliphatic carbocycles. The number of aliphatic hydroxyl groups excluding tert-OH is 1. The van der Waals surface area contributed by atoms with Crippen molar-refractivity contribution in [1.29, 1.82) is 0 Å². The molecule has 9 rings (SSSR count). The molecule has 27 heteroatoms. The highest BCUT2D eigenvalue weighted by molar-refractivity contribution is 9.11. The molecule has 0 fully saturated rings. The summed E-state index contributed by atoms with van der Waals surface area (Å²) in [6.07, 6.45) is -0.0372. The lowest BCUT2D eigenvalue weighted by Crippen LogP contribution is -2.35. The quantitative estimate of drug-likeness (QED) is 0.0450. The number of aliphatic hydroxyl groups is 1. The second kappa shape index (κ2) is 27.5. The van der Waals surface area contributed by atoms with E-state index in [0.717, 1.165) is 36.0 Å². The molecular weight excluding hydrogens is 1210 g/mol. The monoisotopic (exact) mass is 1260 g/mol. The van der Waals surface area contributed by atoms with Crippen molar-refractivity contribution in [2.45, 2.75) is 66.1 Å². The maximum Gasteiger partial charge on any atom is 0.407 e. The van der Waals surface area contributed by atoms with Gasteiger partial charge in [0.25, 0.3) is 16.7 Å². The zero-order valence-corrected chi connectivity index (χ0v) is 47.9. The zero-order valence-electron chi connectivity index (χ0n) is 42.4. The van der Waals surface area contributed by atoms with Crippen molar-refractivity contribution in [2.24, 2.45) is 11.5 Å². The lowest BCUT2D eigenvalue weighted by molar-refractivity contribution is 0.0518. The summed E-state index contributed by atoms with van der Waals surface area (Å²) in [7, 11) is 0. The van der Waals surface area contributed by atoms with Gasteiger partial charge in [-0.3, -0.25) is 29.3 Å². The number of carbonyl (C=O) groups excluding carboxylic acids is 2. The number of halogens is 4. The van der Waals surface area contributed by atoms with E-state index in [1.54, 1.807) is 39.0 Å². The van der Waals surface area contributed by atoms with Gasteiger partial charge >= 0.3 is 12.2 Å². The Morgan fingerprint density at radius 1 is 0.605 bits per heavy atom. The highest BCUT2D eigenvalue weighted by Gasteiger charge is 2.18. The number of carbonyl (C=O) groups is 2. The van der Waals surface area contributed by atoms with Gasteiger partial charge in [-0.05, 0) is 114 Å². The number of hydrogen-bond donors (Lipinski definition) is 10. The molecular formula is C49H58Br3ClN12O11. The summed E-state index contributed by atoms with van der Waals surface area (Å²) in [6, 6.07) is 16.4. The Morgan fingerprint density at radius 2 is 0.961 bits per heavy atom. The van der Waals surface area contributed by atoms with Crippen LogP contribution >= 0.6 is 59.4 Å². The van der Waals surface area contributed by atoms with Gasteiger partial charge in [0.1, 0.15) is 44.5 Å². The summed E-state index contributed by atoms with van der Waals surface area (Å²) in [4.78, 5) is 78.6. The van der Waals surface area contributed by atoms with Crippen molar-refractivity contribution in [3.05, 3.63) is 104 Å². The first kappa shape index (κ1) is 60.3. The summed E-state index contributed by atoms with van der Waals surface area (Å²) in [5, 5.41) is 21.3. The van der Waals surface area contributed by atoms with Crippen LogP contribution in [0.25, 0.3) is 66.2 Å². The van der Waals surface area contributed by atoms with Crippen LogP contribution in [0.5, 0.6) is 0 Å². The van der Waals surface area contributed by atoms with Crippen LogP contribution in [0.4, 0.5) is 21.5 Å². The molecule has 0 atom stereocenters. The SMILES string of the molecule is CC(C)(C)OC(=O)NCCN.CC(C)(C)OC(=O)NCCNc1nc2c(oc3ccc(Br)cc32)c(=O)[nH]1.CCCO.NCCNc1nc2c(oc3ccc(Br)cc32)c(=O)[nH]1.O=c1[nH]c(Cl)nc2c1oc1ccc(Br)cc12. The summed E-state index contributed by atoms with van der Waals surface area (Å²) in [5.74, 6) is 0.696. The molecule has 6 heterocycles. The number of nitrogens with two attached hydrogens (primary N) is 2. The third-order valence-corrected chi connectivity index (χ3v) is 11.0. The van der Waals surface area contributed by atoms with Gasteiger partial charge in [-0.25, -0.2) is 24.5 Å². The number of aromatic amines is 3. The van der Waals surface area contributed by atoms with Gasteiger partial charge in [-0.2, -0.15) is 0 Å². The fraction of sp³-hybridized carbons (Fsp3) is 0.347. The van der Waals surface area contributed by atoms with Crippen LogP contribution in [-0.2, 0) is 9.47 Å². The second-order valence-corrected chi connectivity index (χ2v) is 21.1. The van der Waals surface area contributed by atoms with Crippen molar-refractivity contribution in [3.63, 3.8) is 0 Å². The molecule has 0 aliphatic rings. The van der Waals surface area contributed by atoms with Crippen molar-refractivity contribution in [2.75, 3.05) is 56.5 Å². The Balaban J connectivity index is 0.000000190. The van der Waals surface area contributed by atoms with E-state index < -0.39 is 23.4 Å². The number of alkyl carbamates (subject to hydrolysis) is 2. The van der Waals surface area contributed by atoms with E-state index in [9.17, 15) is 24.0 Å². The van der Waals surface area contributed by atoms with Crippen molar-refractivity contribution < 1.29 is 37.4 Å². The van der Waals surface area contributed by atoms with Crippen molar-refractivity contribution >= 4 is 150 Å². The van der Waals surface area contributed by atoms with Gasteiger partial charge in [0.2, 0.25) is 33.9 Å². The van der Waals surface area contributed by atoms with Crippen LogP contribution < -0.4 is 49.4 Å². The first-order valence-corrected chi connectivity index (χ1v) is 26.1. The number of ether oxygens (including phenoxy) is 2. The fourth-order valence-corrected chi connectivity index (χ4v) is 7.61. The maximum atomic E-state index is 12.2. The minimum Gasteiger partial charge on any atom is -0.449 e. The smallest absolute Gasteiger partial charge is 0.407 e. The summed E-state index contributed by atoms with van der Waals surface area (Å²) < 4.78 is 29.2. The molecule has 0 saturated carbocycles. The molecule has 0 spiro atoms. The number of benzene rings is 3. The number of amides is 2. The van der Waals surface area contributed by atoms with E-state index >= 15 is 0 Å². The molecule has 2 amide bonds. The average Bonchev–Trinajstić information content (AvgIpc) is 4.03. The highest BCUT2D eigenvalue weighted by Crippen LogP contribution is 2.30. The molecule has 3 aromatic carbocycles. The molecule has 0 unspecified atom stereocenters. The topological polar surface area (TPSA) is 350 Å². The number of nitrogens with one attached hydrogen (secondary N) is 7. The van der Waals surface area contributed by atoms with E-state index in [1.165, 1.54) is 0 Å². The average molecular weight is 1270 g/mol. The molecule has 9 aromatic rings. The van der Waals surface area contributed by atoms with Crippen LogP contribution in [-0.4, -0.2) is 104 Å². The molecule has 12 N–H and O–H groups in total. The summed E-state index contributed by atoms with van der Waals surface area (Å²) >= 11 is 15.8. The largest absolute Gasteiger partial charge is 0.449 e. The standard InChI is InChI=1S/C17H19BrN4O4.C12H11BrN4O2.C10H4BrClN2O2.C7H16N2O2.C3H8O/c1-17(2,3)26-16(24)20-7-6-19-15-21-12-10-8-9(18)4-5-11(10)25-13(12)14(23)22-15;13-6-1-2-8-7(5-6)9-10(19-8)11(18)17-12(16-9)15-4-3-14;11-4-1-2-6-5(3-4)7-8(16-6)9(15)14-10(12)13-7;1-7(2,3)11-6(10)9-5-4-8;1-2-3-4/h4-5,8H,6-7H2,1-3H3,(H,20,24)(H2,19,21,22,23);1-2,5H,3-4,14H2,(H2,15,16,17,18);1-3H,(H,13,14,15);4-5,8H2,1-3H3,(H,9,10);4H,2-3H2,1H3. The van der Waals surface area contributed by atoms with E-state index in [0.29, 0.717) is 91.1 Å². The van der Waals surface area contributed by atoms with E-state index in [2.05, 4.69) is 99.0 Å². The van der Waals surface area contributed by atoms with Gasteiger partial charge in [-0.15, -0.1) is 0 Å². The van der Waals surface area contributed by atoms with E-state index in [-0.39, 0.29) is 38.7 Å². The van der Waals surface area contributed by atoms with Gasteiger partial charge in [0, 0.05) is 75.5 Å². The number of H-pyrrole nitrogens is 3. The lowest BCUT2D eigenvalue weighted by Gasteiger charge is -2.19. The molecule has 0 saturated heterocycles. The highest BCUT2D eigenvalue weighted by atomic mass is 79.9. The number of nitrogens with zero attached hydrogens (tertiary/aromatic N) is 3. The van der Waals surface area contributed by atoms with Crippen molar-refractivity contribution in [3.8, 4) is 0 Å². The van der Waals surface area contributed by atoms with Crippen LogP contribution in [0.2, 0.25) is 5.28 Å². The normalized spacial score (nSPS) is 11.2. The van der Waals surface area contributed by atoms with E-state index in [1.807, 2.05) is 64.1 Å². The Bertz CT molecular complexity index is 3620. The molecule has 408 valence electrons. The Hall–Kier alpha value is -6.55. The maximum absolute atomic E-state index is 12.2. The Labute approximate surface area is 463 Å². The van der Waals surface area contributed by atoms with Gasteiger partial charge in [0.05, 0.1) is 0 Å². The molecule has 0 radical (unpaired) electrons. The van der Waals surface area contributed by atoms with Crippen LogP contribution in [0, 0.1) is 0 Å². The summed E-state index contributed by atoms with van der Waals surface area (Å²) in [5.41, 5.74) is 12.5. The summed E-state index contributed by atoms with van der Waals surface area (Å²) in [6.45, 7) is 15.6. The van der Waals surface area contributed by atoms with Crippen LogP contribution in [0.15, 0.2) is 95.7 Å². The predicted molar refractivity (Wildman–Crippen MR) is 305 cm³/mol. The molecule has 76 heavy (non-hydrogen) atoms. The lowest BCUT2D eigenvalue weighted by atomic mass is 10.2. The minimum atomic E-state index is -0.550. The third-order valence-electron chi connectivity index (χ3n) is 9.39. The van der Waals surface area contributed by atoms with E-state index in [4.69, 9.17) is 50.9 Å². The van der Waals surface area contributed by atoms with Gasteiger partial charge in [-0.1, -0.05) is 54.7 Å². The minimum absolute atomic E-state index is 0.0557. The number of furan rings is 3. The first-order valence-electron chi connectivity index (χ1n) is 23.4. The van der Waals surface area contributed by atoms with Gasteiger partial charge < -0.3 is 60.6 Å². The zero-order chi connectivity index (χ0) is 55.9. The fourth-order valence-electron chi connectivity index (χ4n) is 6.36. The second-order valence-electron chi connectivity index (χ2n) is 18.0. The third kappa shape index (κ3) is 17.5. The number of rotatable bonds is 10. The first-order chi connectivity index (χ1) is 35.9. The number of fused-ring (bicyclic) bond motifs is 9. The Kier molecular flexibility index (Phi) is 21.8. The van der Waals surface area contributed by atoms with Crippen LogP contribution in [0.3, 0.4) is 0 Å². The number of anilines is 2. The number of aromatic nitrogens is 6. The van der Waals surface area contributed by atoms with Crippen molar-refractivity contribution in [1.82, 2.24) is 40.5 Å². The number of hydrogen-bond acceptors (Lipinski definition) is 18.